The fourth-order valence-corrected chi connectivity index (χ4v) is 2.49. The number of nitrogens with zero attached hydrogens (tertiary/aromatic N) is 1. The summed E-state index contributed by atoms with van der Waals surface area (Å²) in [5.41, 5.74) is 0.585. The first kappa shape index (κ1) is 14.1. The number of para-hydroxylation sites is 1. The first-order chi connectivity index (χ1) is 10.7. The molecule has 112 valence electrons. The Morgan fingerprint density at radius 2 is 1.68 bits per heavy atom. The van der Waals surface area contributed by atoms with Crippen LogP contribution in [0.25, 0.3) is 0 Å². The number of β-lactam (4-membered cyclic amide) rings is 1. The average Bonchev–Trinajstić information content (AvgIpc) is 2.55. The lowest BCUT2D eigenvalue weighted by molar-refractivity contribution is -0.166. The van der Waals surface area contributed by atoms with Crippen LogP contribution in [-0.4, -0.2) is 34.5 Å². The van der Waals surface area contributed by atoms with Crippen LogP contribution in [0.3, 0.4) is 0 Å². The second-order valence-corrected chi connectivity index (χ2v) is 5.06. The zero-order chi connectivity index (χ0) is 15.5. The molecule has 2 unspecified atom stereocenters. The predicted molar refractivity (Wildman–Crippen MR) is 79.4 cm³/mol. The van der Waals surface area contributed by atoms with Crippen LogP contribution in [0.15, 0.2) is 60.7 Å². The van der Waals surface area contributed by atoms with Crippen molar-refractivity contribution in [3.63, 3.8) is 0 Å². The summed E-state index contributed by atoms with van der Waals surface area (Å²) < 4.78 is 5.57. The van der Waals surface area contributed by atoms with Gasteiger partial charge in [0.2, 0.25) is 0 Å². The Labute approximate surface area is 127 Å². The molecule has 1 aliphatic heterocycles. The summed E-state index contributed by atoms with van der Waals surface area (Å²) >= 11 is 0. The lowest BCUT2D eigenvalue weighted by Crippen LogP contribution is -2.61. The van der Waals surface area contributed by atoms with Crippen LogP contribution in [0.5, 0.6) is 5.75 Å². The van der Waals surface area contributed by atoms with Gasteiger partial charge in [-0.3, -0.25) is 4.79 Å². The molecule has 1 fully saturated rings. The Bertz CT molecular complexity index is 672. The molecule has 2 aromatic rings. The first-order valence-corrected chi connectivity index (χ1v) is 6.97. The standard InChI is InChI=1S/C17H15NO4/c19-16-14(22-13-9-5-2-6-10-13)11-18(16)15(17(20)21)12-7-3-1-4-8-12/h1-10,14-15H,11H2,(H,20,21). The topological polar surface area (TPSA) is 66.8 Å². The fraction of sp³-hybridized carbons (Fsp3) is 0.176. The third-order valence-electron chi connectivity index (χ3n) is 3.60. The van der Waals surface area contributed by atoms with Crippen LogP contribution >= 0.6 is 0 Å². The molecule has 0 radical (unpaired) electrons. The van der Waals surface area contributed by atoms with E-state index in [2.05, 4.69) is 0 Å². The van der Waals surface area contributed by atoms with E-state index in [0.717, 1.165) is 0 Å². The van der Waals surface area contributed by atoms with Gasteiger partial charge in [0.15, 0.2) is 12.1 Å². The predicted octanol–water partition coefficient (Wildman–Crippen LogP) is 2.10. The molecule has 5 nitrogen and oxygen atoms in total. The molecule has 3 rings (SSSR count). The number of rotatable bonds is 5. The second kappa shape index (κ2) is 5.89. The van der Waals surface area contributed by atoms with E-state index in [1.807, 2.05) is 24.3 Å². The lowest BCUT2D eigenvalue weighted by atomic mass is 10.00. The van der Waals surface area contributed by atoms with E-state index < -0.39 is 18.1 Å². The maximum Gasteiger partial charge on any atom is 0.331 e. The smallest absolute Gasteiger partial charge is 0.331 e. The first-order valence-electron chi connectivity index (χ1n) is 6.97. The Balaban J connectivity index is 1.71. The molecule has 0 bridgehead atoms. The van der Waals surface area contributed by atoms with E-state index in [9.17, 15) is 14.7 Å². The minimum absolute atomic E-state index is 0.263. The minimum Gasteiger partial charge on any atom is -0.479 e. The van der Waals surface area contributed by atoms with E-state index in [1.54, 1.807) is 36.4 Å². The van der Waals surface area contributed by atoms with Crippen molar-refractivity contribution < 1.29 is 19.4 Å². The van der Waals surface area contributed by atoms with Gasteiger partial charge in [0.25, 0.3) is 5.91 Å². The number of hydrogen-bond donors (Lipinski definition) is 1. The van der Waals surface area contributed by atoms with Gasteiger partial charge in [-0.15, -0.1) is 0 Å². The molecule has 0 aliphatic carbocycles. The van der Waals surface area contributed by atoms with Crippen LogP contribution in [0.2, 0.25) is 0 Å². The van der Waals surface area contributed by atoms with E-state index in [-0.39, 0.29) is 12.5 Å². The number of benzene rings is 2. The molecule has 2 atom stereocenters. The van der Waals surface area contributed by atoms with Gasteiger partial charge in [-0.1, -0.05) is 48.5 Å². The van der Waals surface area contributed by atoms with Crippen LogP contribution < -0.4 is 4.74 Å². The number of carboxylic acids is 1. The molecule has 1 heterocycles. The molecule has 1 saturated heterocycles. The third-order valence-corrected chi connectivity index (χ3v) is 3.60. The molecule has 0 aromatic heterocycles. The molecule has 0 spiro atoms. The van der Waals surface area contributed by atoms with Gasteiger partial charge in [0.1, 0.15) is 5.75 Å². The quantitative estimate of drug-likeness (QED) is 0.858. The molecule has 1 amide bonds. The van der Waals surface area contributed by atoms with Crippen molar-refractivity contribution in [3.8, 4) is 5.75 Å². The van der Waals surface area contributed by atoms with E-state index in [0.29, 0.717) is 11.3 Å². The van der Waals surface area contributed by atoms with Gasteiger partial charge in [-0.05, 0) is 17.7 Å². The van der Waals surface area contributed by atoms with E-state index >= 15 is 0 Å². The highest BCUT2D eigenvalue weighted by molar-refractivity contribution is 5.92. The van der Waals surface area contributed by atoms with Crippen LogP contribution in [0.4, 0.5) is 0 Å². The Morgan fingerprint density at radius 1 is 1.09 bits per heavy atom. The van der Waals surface area contributed by atoms with Gasteiger partial charge in [-0.2, -0.15) is 0 Å². The summed E-state index contributed by atoms with van der Waals surface area (Å²) in [7, 11) is 0. The molecular formula is C17H15NO4. The molecule has 1 N–H and O–H groups in total. The number of aliphatic carboxylic acids is 1. The normalized spacial score (nSPS) is 18.5. The third kappa shape index (κ3) is 2.65. The summed E-state index contributed by atoms with van der Waals surface area (Å²) in [6, 6.07) is 16.8. The Kier molecular flexibility index (Phi) is 3.78. The van der Waals surface area contributed by atoms with Crippen LogP contribution in [0, 0.1) is 0 Å². The van der Waals surface area contributed by atoms with Gasteiger partial charge in [-0.25, -0.2) is 4.79 Å². The van der Waals surface area contributed by atoms with Crippen molar-refractivity contribution >= 4 is 11.9 Å². The van der Waals surface area contributed by atoms with Gasteiger partial charge in [0.05, 0.1) is 6.54 Å². The molecule has 1 aliphatic rings. The van der Waals surface area contributed by atoms with Crippen molar-refractivity contribution in [2.24, 2.45) is 0 Å². The zero-order valence-electron chi connectivity index (χ0n) is 11.8. The lowest BCUT2D eigenvalue weighted by Gasteiger charge is -2.41. The van der Waals surface area contributed by atoms with Crippen molar-refractivity contribution in [2.75, 3.05) is 6.54 Å². The molecule has 5 heteroatoms. The van der Waals surface area contributed by atoms with Gasteiger partial charge >= 0.3 is 5.97 Å². The number of hydrogen-bond acceptors (Lipinski definition) is 3. The molecule has 2 aromatic carbocycles. The molecule has 22 heavy (non-hydrogen) atoms. The van der Waals surface area contributed by atoms with Crippen molar-refractivity contribution in [2.45, 2.75) is 12.1 Å². The maximum absolute atomic E-state index is 12.2. The zero-order valence-corrected chi connectivity index (χ0v) is 11.8. The van der Waals surface area contributed by atoms with E-state index in [4.69, 9.17) is 4.74 Å². The maximum atomic E-state index is 12.2. The highest BCUT2D eigenvalue weighted by Crippen LogP contribution is 2.29. The summed E-state index contributed by atoms with van der Waals surface area (Å²) in [6.07, 6.45) is -0.618. The molecule has 0 saturated carbocycles. The number of likely N-dealkylation sites (tertiary alicyclic amines) is 1. The highest BCUT2D eigenvalue weighted by atomic mass is 16.5. The highest BCUT2D eigenvalue weighted by Gasteiger charge is 2.45. The summed E-state index contributed by atoms with van der Waals surface area (Å²) in [6.45, 7) is 0.263. The van der Waals surface area contributed by atoms with Crippen molar-refractivity contribution in [1.29, 1.82) is 0 Å². The SMILES string of the molecule is O=C(O)C(c1ccccc1)N1CC(Oc2ccccc2)C1=O. The number of carboxylic acid groups (broad SMARTS) is 1. The molecular weight excluding hydrogens is 282 g/mol. The largest absolute Gasteiger partial charge is 0.479 e. The summed E-state index contributed by atoms with van der Waals surface area (Å²) in [5, 5.41) is 9.42. The summed E-state index contributed by atoms with van der Waals surface area (Å²) in [4.78, 5) is 25.1. The summed E-state index contributed by atoms with van der Waals surface area (Å²) in [5.74, 6) is -0.745. The van der Waals surface area contributed by atoms with Gasteiger partial charge < -0.3 is 14.7 Å². The number of ether oxygens (including phenoxy) is 1. The minimum atomic E-state index is -1.04. The second-order valence-electron chi connectivity index (χ2n) is 5.06. The van der Waals surface area contributed by atoms with Crippen LogP contribution in [-0.2, 0) is 9.59 Å². The van der Waals surface area contributed by atoms with E-state index in [1.165, 1.54) is 4.90 Å². The number of amides is 1. The van der Waals surface area contributed by atoms with Crippen LogP contribution in [0.1, 0.15) is 11.6 Å². The van der Waals surface area contributed by atoms with Crippen molar-refractivity contribution in [3.05, 3.63) is 66.2 Å². The van der Waals surface area contributed by atoms with Gasteiger partial charge in [0, 0.05) is 0 Å². The average molecular weight is 297 g/mol. The number of carbonyl (C=O) groups excluding carboxylic acids is 1. The Hall–Kier alpha value is -2.82. The number of carbonyl (C=O) groups is 2. The fourth-order valence-electron chi connectivity index (χ4n) is 2.49. The Morgan fingerprint density at radius 3 is 2.23 bits per heavy atom. The van der Waals surface area contributed by atoms with Crippen molar-refractivity contribution in [1.82, 2.24) is 4.90 Å². The monoisotopic (exact) mass is 297 g/mol.